The number of alkyl halides is 4. The monoisotopic (exact) mass is 306 g/mol. The molecule has 0 bridgehead atoms. The van der Waals surface area contributed by atoms with E-state index in [4.69, 9.17) is 5.11 Å². The molecule has 1 saturated heterocycles. The summed E-state index contributed by atoms with van der Waals surface area (Å²) in [5.74, 6) is -4.31. The van der Waals surface area contributed by atoms with Gasteiger partial charge in [0.25, 0.3) is 6.43 Å². The van der Waals surface area contributed by atoms with E-state index in [1.807, 2.05) is 0 Å². The largest absolute Gasteiger partial charge is 0.478 e. The maximum atomic E-state index is 13.3. The van der Waals surface area contributed by atoms with Crippen LogP contribution in [0.5, 0.6) is 0 Å². The van der Waals surface area contributed by atoms with Crippen LogP contribution >= 0.6 is 0 Å². The standard InChI is InChI=1S/C13H14F4N2O2/c14-10(15)9-3-2-8(12(20)21)11(18-9)19-6-1-4-13(16,17)5-7-19/h2-3,10H,1,4-7H2,(H,20,21). The molecule has 1 N–H and O–H groups in total. The van der Waals surface area contributed by atoms with Crippen molar-refractivity contribution in [1.29, 1.82) is 0 Å². The van der Waals surface area contributed by atoms with Crippen molar-refractivity contribution in [3.8, 4) is 0 Å². The number of aromatic nitrogens is 1. The topological polar surface area (TPSA) is 53.4 Å². The quantitative estimate of drug-likeness (QED) is 0.870. The summed E-state index contributed by atoms with van der Waals surface area (Å²) < 4.78 is 52.1. The second kappa shape index (κ2) is 5.87. The van der Waals surface area contributed by atoms with Gasteiger partial charge in [-0.3, -0.25) is 0 Å². The molecule has 116 valence electrons. The minimum atomic E-state index is -2.85. The third kappa shape index (κ3) is 3.62. The van der Waals surface area contributed by atoms with Crippen LogP contribution in [0.1, 0.15) is 41.7 Å². The van der Waals surface area contributed by atoms with E-state index in [2.05, 4.69) is 4.98 Å². The average molecular weight is 306 g/mol. The number of pyridine rings is 1. The minimum Gasteiger partial charge on any atom is -0.478 e. The molecule has 1 fully saturated rings. The first-order chi connectivity index (χ1) is 9.80. The van der Waals surface area contributed by atoms with E-state index in [9.17, 15) is 22.4 Å². The average Bonchev–Trinajstić information content (AvgIpc) is 2.58. The Balaban J connectivity index is 2.36. The number of hydrogen-bond donors (Lipinski definition) is 1. The summed E-state index contributed by atoms with van der Waals surface area (Å²) >= 11 is 0. The zero-order valence-corrected chi connectivity index (χ0v) is 11.0. The van der Waals surface area contributed by atoms with Crippen LogP contribution in [-0.4, -0.2) is 35.1 Å². The lowest BCUT2D eigenvalue weighted by Crippen LogP contribution is -2.28. The van der Waals surface area contributed by atoms with Gasteiger partial charge in [0.15, 0.2) is 0 Å². The van der Waals surface area contributed by atoms with Crippen molar-refractivity contribution in [2.45, 2.75) is 31.6 Å². The number of halogens is 4. The molecule has 21 heavy (non-hydrogen) atoms. The Kier molecular flexibility index (Phi) is 4.34. The van der Waals surface area contributed by atoms with E-state index in [-0.39, 0.29) is 37.3 Å². The zero-order valence-electron chi connectivity index (χ0n) is 11.0. The van der Waals surface area contributed by atoms with Gasteiger partial charge in [-0.15, -0.1) is 0 Å². The van der Waals surface area contributed by atoms with E-state index >= 15 is 0 Å². The molecule has 2 heterocycles. The van der Waals surface area contributed by atoms with E-state index in [0.29, 0.717) is 0 Å². The Morgan fingerprint density at radius 2 is 2.00 bits per heavy atom. The Morgan fingerprint density at radius 3 is 2.62 bits per heavy atom. The molecule has 0 radical (unpaired) electrons. The molecular weight excluding hydrogens is 292 g/mol. The first-order valence-electron chi connectivity index (χ1n) is 6.45. The first-order valence-corrected chi connectivity index (χ1v) is 6.45. The number of carboxylic acids is 1. The van der Waals surface area contributed by atoms with Gasteiger partial charge in [0.05, 0.1) is 0 Å². The maximum absolute atomic E-state index is 13.3. The minimum absolute atomic E-state index is 0.118. The maximum Gasteiger partial charge on any atom is 0.339 e. The number of anilines is 1. The number of nitrogens with zero attached hydrogens (tertiary/aromatic N) is 2. The molecule has 8 heteroatoms. The van der Waals surface area contributed by atoms with Crippen LogP contribution in [0, 0.1) is 0 Å². The number of hydrogen-bond acceptors (Lipinski definition) is 3. The number of aromatic carboxylic acids is 1. The lowest BCUT2D eigenvalue weighted by atomic mass is 10.1. The second-order valence-electron chi connectivity index (χ2n) is 4.91. The summed E-state index contributed by atoms with van der Waals surface area (Å²) in [5.41, 5.74) is -0.823. The van der Waals surface area contributed by atoms with E-state index in [1.165, 1.54) is 4.90 Å². The van der Waals surface area contributed by atoms with Crippen LogP contribution in [0.3, 0.4) is 0 Å². The normalized spacial score (nSPS) is 18.6. The van der Waals surface area contributed by atoms with Crippen molar-refractivity contribution in [3.63, 3.8) is 0 Å². The summed E-state index contributed by atoms with van der Waals surface area (Å²) in [5, 5.41) is 9.10. The molecule has 1 aliphatic heterocycles. The molecule has 4 nitrogen and oxygen atoms in total. The highest BCUT2D eigenvalue weighted by Crippen LogP contribution is 2.31. The van der Waals surface area contributed by atoms with Gasteiger partial charge in [-0.2, -0.15) is 0 Å². The van der Waals surface area contributed by atoms with Gasteiger partial charge in [0.2, 0.25) is 5.92 Å². The SMILES string of the molecule is O=C(O)c1ccc(C(F)F)nc1N1CCCC(F)(F)CC1. The third-order valence-corrected chi connectivity index (χ3v) is 3.37. The summed E-state index contributed by atoms with van der Waals surface area (Å²) in [7, 11) is 0. The second-order valence-corrected chi connectivity index (χ2v) is 4.91. The van der Waals surface area contributed by atoms with Crippen LogP contribution in [-0.2, 0) is 0 Å². The fraction of sp³-hybridized carbons (Fsp3) is 0.538. The van der Waals surface area contributed by atoms with Crippen molar-refractivity contribution in [2.75, 3.05) is 18.0 Å². The van der Waals surface area contributed by atoms with Crippen molar-refractivity contribution in [2.24, 2.45) is 0 Å². The van der Waals surface area contributed by atoms with Crippen molar-refractivity contribution in [1.82, 2.24) is 4.98 Å². The Morgan fingerprint density at radius 1 is 1.29 bits per heavy atom. The fourth-order valence-corrected chi connectivity index (χ4v) is 2.27. The first kappa shape index (κ1) is 15.5. The van der Waals surface area contributed by atoms with Crippen molar-refractivity contribution in [3.05, 3.63) is 23.4 Å². The predicted octanol–water partition coefficient (Wildman–Crippen LogP) is 3.34. The van der Waals surface area contributed by atoms with Crippen molar-refractivity contribution >= 4 is 11.8 Å². The Labute approximate surface area is 118 Å². The fourth-order valence-electron chi connectivity index (χ4n) is 2.27. The van der Waals surface area contributed by atoms with Crippen LogP contribution in [0.4, 0.5) is 23.4 Å². The van der Waals surface area contributed by atoms with E-state index in [1.54, 1.807) is 0 Å². The molecule has 0 saturated carbocycles. The molecule has 0 unspecified atom stereocenters. The van der Waals surface area contributed by atoms with E-state index in [0.717, 1.165) is 12.1 Å². The number of rotatable bonds is 3. The van der Waals surface area contributed by atoms with Gasteiger partial charge in [0.1, 0.15) is 17.1 Å². The predicted molar refractivity (Wildman–Crippen MR) is 67.2 cm³/mol. The molecule has 0 atom stereocenters. The summed E-state index contributed by atoms with van der Waals surface area (Å²) in [6.07, 6.45) is -3.46. The van der Waals surface area contributed by atoms with Crippen LogP contribution < -0.4 is 4.90 Å². The highest BCUT2D eigenvalue weighted by molar-refractivity contribution is 5.93. The van der Waals surface area contributed by atoms with E-state index < -0.39 is 30.4 Å². The van der Waals surface area contributed by atoms with Gasteiger partial charge in [-0.05, 0) is 18.6 Å². The molecule has 1 aromatic heterocycles. The Hall–Kier alpha value is -1.86. The molecule has 1 aliphatic rings. The Bertz CT molecular complexity index is 537. The number of carbonyl (C=O) groups is 1. The molecule has 0 spiro atoms. The van der Waals surface area contributed by atoms with Gasteiger partial charge in [0, 0.05) is 25.9 Å². The molecule has 0 aliphatic carbocycles. The molecule has 1 aromatic rings. The molecule has 0 amide bonds. The smallest absolute Gasteiger partial charge is 0.339 e. The van der Waals surface area contributed by atoms with Crippen molar-refractivity contribution < 1.29 is 27.5 Å². The van der Waals surface area contributed by atoms with Crippen LogP contribution in [0.25, 0.3) is 0 Å². The zero-order chi connectivity index (χ0) is 15.6. The lowest BCUT2D eigenvalue weighted by molar-refractivity contribution is -0.0102. The number of carboxylic acid groups (broad SMARTS) is 1. The molecule has 2 rings (SSSR count). The highest BCUT2D eigenvalue weighted by atomic mass is 19.3. The molecule has 0 aromatic carbocycles. The lowest BCUT2D eigenvalue weighted by Gasteiger charge is -2.23. The summed E-state index contributed by atoms with van der Waals surface area (Å²) in [4.78, 5) is 16.2. The van der Waals surface area contributed by atoms with Crippen LogP contribution in [0.15, 0.2) is 12.1 Å². The van der Waals surface area contributed by atoms with Gasteiger partial charge >= 0.3 is 5.97 Å². The summed E-state index contributed by atoms with van der Waals surface area (Å²) in [6.45, 7) is 0.0442. The van der Waals surface area contributed by atoms with Crippen LogP contribution in [0.2, 0.25) is 0 Å². The molecular formula is C13H14F4N2O2. The summed E-state index contributed by atoms with van der Waals surface area (Å²) in [6, 6.07) is 1.97. The highest BCUT2D eigenvalue weighted by Gasteiger charge is 2.33. The van der Waals surface area contributed by atoms with Gasteiger partial charge < -0.3 is 10.0 Å². The third-order valence-electron chi connectivity index (χ3n) is 3.37. The van der Waals surface area contributed by atoms with Gasteiger partial charge in [-0.1, -0.05) is 0 Å². The van der Waals surface area contributed by atoms with Gasteiger partial charge in [-0.25, -0.2) is 27.3 Å².